The summed E-state index contributed by atoms with van der Waals surface area (Å²) in [7, 11) is 3.87. The molecule has 5 rings (SSSR count). The first-order valence-corrected chi connectivity index (χ1v) is 13.5. The Kier molecular flexibility index (Phi) is 7.26. The third-order valence-electron chi connectivity index (χ3n) is 6.45. The van der Waals surface area contributed by atoms with Gasteiger partial charge in [0.1, 0.15) is 17.3 Å². The number of anilines is 2. The summed E-state index contributed by atoms with van der Waals surface area (Å²) >= 11 is 1.29. The van der Waals surface area contributed by atoms with Gasteiger partial charge >= 0.3 is 5.91 Å². The van der Waals surface area contributed by atoms with E-state index in [4.69, 9.17) is 14.5 Å². The maximum Gasteiger partial charge on any atom is 0.301 e. The summed E-state index contributed by atoms with van der Waals surface area (Å²) in [5.74, 6) is -0.529. The second-order valence-electron chi connectivity index (χ2n) is 9.17. The number of carbonyl (C=O) groups is 2. The summed E-state index contributed by atoms with van der Waals surface area (Å²) < 4.78 is 12.0. The highest BCUT2D eigenvalue weighted by atomic mass is 32.1. The van der Waals surface area contributed by atoms with Crippen LogP contribution < -0.4 is 19.3 Å². The average molecular weight is 544 g/mol. The lowest BCUT2D eigenvalue weighted by molar-refractivity contribution is -0.132. The fourth-order valence-electron chi connectivity index (χ4n) is 4.61. The molecule has 9 heteroatoms. The molecular weight excluding hydrogens is 514 g/mol. The molecule has 0 radical (unpaired) electrons. The van der Waals surface area contributed by atoms with Crippen molar-refractivity contribution >= 4 is 49.8 Å². The highest BCUT2D eigenvalue weighted by Crippen LogP contribution is 2.45. The van der Waals surface area contributed by atoms with E-state index in [0.717, 1.165) is 10.4 Å². The molecule has 1 aliphatic heterocycles. The fraction of sp³-hybridized carbons (Fsp3) is 0.233. The Morgan fingerprint density at radius 2 is 1.67 bits per heavy atom. The number of hydrogen-bond donors (Lipinski definition) is 1. The van der Waals surface area contributed by atoms with Gasteiger partial charge in [-0.15, -0.1) is 0 Å². The summed E-state index contributed by atoms with van der Waals surface area (Å²) in [6.07, 6.45) is 0. The first-order valence-electron chi connectivity index (χ1n) is 12.7. The minimum atomic E-state index is -0.871. The van der Waals surface area contributed by atoms with Gasteiger partial charge in [0.05, 0.1) is 35.0 Å². The van der Waals surface area contributed by atoms with Crippen LogP contribution in [0.4, 0.5) is 10.8 Å². The molecule has 3 aromatic carbocycles. The molecule has 1 fully saturated rings. The predicted molar refractivity (Wildman–Crippen MR) is 154 cm³/mol. The van der Waals surface area contributed by atoms with Crippen molar-refractivity contribution in [1.82, 2.24) is 4.98 Å². The number of rotatable bonds is 8. The zero-order valence-electron chi connectivity index (χ0n) is 22.2. The van der Waals surface area contributed by atoms with Crippen molar-refractivity contribution in [3.63, 3.8) is 0 Å². The summed E-state index contributed by atoms with van der Waals surface area (Å²) in [5, 5.41) is 11.8. The molecule has 39 heavy (non-hydrogen) atoms. The van der Waals surface area contributed by atoms with E-state index in [0.29, 0.717) is 46.5 Å². The number of aliphatic hydroxyl groups is 1. The van der Waals surface area contributed by atoms with Crippen molar-refractivity contribution in [1.29, 1.82) is 0 Å². The van der Waals surface area contributed by atoms with Crippen LogP contribution >= 0.6 is 11.3 Å². The molecule has 0 spiro atoms. The standard InChI is InChI=1S/C30H29N3O5S/c1-5-37-21-9-7-8-19(16-21)27(34)25-26(18-10-12-20(13-11-18)32(3)4)33(29(36)28(25)35)30-31-23-15-14-22(38-6-2)17-24(23)39-30/h7-17,26,34H,5-6H2,1-4H3. The number of nitrogens with zero attached hydrogens (tertiary/aromatic N) is 3. The Morgan fingerprint density at radius 3 is 2.33 bits per heavy atom. The van der Waals surface area contributed by atoms with Crippen LogP contribution in [-0.4, -0.2) is 49.1 Å². The van der Waals surface area contributed by atoms with Crippen LogP contribution in [0.15, 0.2) is 72.3 Å². The molecule has 1 amide bonds. The first-order chi connectivity index (χ1) is 18.8. The molecule has 2 heterocycles. The van der Waals surface area contributed by atoms with Gasteiger partial charge in [-0.2, -0.15) is 0 Å². The van der Waals surface area contributed by atoms with E-state index in [2.05, 4.69) is 0 Å². The third-order valence-corrected chi connectivity index (χ3v) is 7.47. The lowest BCUT2D eigenvalue weighted by Gasteiger charge is -2.23. The molecule has 8 nitrogen and oxygen atoms in total. The maximum absolute atomic E-state index is 13.6. The van der Waals surface area contributed by atoms with Gasteiger partial charge in [0.15, 0.2) is 5.13 Å². The lowest BCUT2D eigenvalue weighted by Crippen LogP contribution is -2.29. The molecule has 4 aromatic rings. The van der Waals surface area contributed by atoms with Gasteiger partial charge in [-0.25, -0.2) is 4.98 Å². The van der Waals surface area contributed by atoms with Crippen LogP contribution in [-0.2, 0) is 9.59 Å². The van der Waals surface area contributed by atoms with E-state index >= 15 is 0 Å². The number of ketones is 1. The molecule has 1 aromatic heterocycles. The third kappa shape index (κ3) is 4.93. The number of aromatic nitrogens is 1. The number of ether oxygens (including phenoxy) is 2. The van der Waals surface area contributed by atoms with Gasteiger partial charge in [-0.05, 0) is 61.9 Å². The molecule has 0 saturated carbocycles. The van der Waals surface area contributed by atoms with E-state index in [1.165, 1.54) is 16.2 Å². The van der Waals surface area contributed by atoms with Gasteiger partial charge in [0.2, 0.25) is 0 Å². The van der Waals surface area contributed by atoms with E-state index in [9.17, 15) is 14.7 Å². The summed E-state index contributed by atoms with van der Waals surface area (Å²) in [5.41, 5.74) is 2.71. The van der Waals surface area contributed by atoms with Gasteiger partial charge in [-0.3, -0.25) is 14.5 Å². The highest BCUT2D eigenvalue weighted by Gasteiger charge is 2.48. The lowest BCUT2D eigenvalue weighted by atomic mass is 9.95. The number of benzene rings is 3. The number of Topliss-reactive ketones (excluding diaryl/α,β-unsaturated/α-hetero) is 1. The summed E-state index contributed by atoms with van der Waals surface area (Å²) in [4.78, 5) is 35.1. The van der Waals surface area contributed by atoms with E-state index in [1.807, 2.05) is 75.3 Å². The second kappa shape index (κ2) is 10.8. The Balaban J connectivity index is 1.68. The summed E-state index contributed by atoms with van der Waals surface area (Å²) in [6, 6.07) is 19.1. The van der Waals surface area contributed by atoms with Crippen molar-refractivity contribution < 1.29 is 24.2 Å². The Bertz CT molecular complexity index is 1580. The fourth-order valence-corrected chi connectivity index (χ4v) is 5.63. The molecule has 1 N–H and O–H groups in total. The van der Waals surface area contributed by atoms with Gasteiger partial charge in [-0.1, -0.05) is 35.6 Å². The molecular formula is C30H29N3O5S. The van der Waals surface area contributed by atoms with Crippen molar-refractivity contribution in [2.24, 2.45) is 0 Å². The highest BCUT2D eigenvalue weighted by molar-refractivity contribution is 7.22. The second-order valence-corrected chi connectivity index (χ2v) is 10.2. The number of amides is 1. The van der Waals surface area contributed by atoms with Crippen molar-refractivity contribution in [2.75, 3.05) is 37.1 Å². The number of carbonyl (C=O) groups excluding carboxylic acids is 2. The molecule has 0 aliphatic carbocycles. The molecule has 1 aliphatic rings. The number of hydrogen-bond acceptors (Lipinski definition) is 8. The predicted octanol–water partition coefficient (Wildman–Crippen LogP) is 5.79. The molecule has 1 unspecified atom stereocenters. The number of aliphatic hydroxyl groups excluding tert-OH is 1. The van der Waals surface area contributed by atoms with E-state index in [1.54, 1.807) is 24.3 Å². The van der Waals surface area contributed by atoms with Crippen LogP contribution in [0, 0.1) is 0 Å². The maximum atomic E-state index is 13.6. The monoisotopic (exact) mass is 543 g/mol. The summed E-state index contributed by atoms with van der Waals surface area (Å²) in [6.45, 7) is 4.76. The smallest absolute Gasteiger partial charge is 0.301 e. The minimum Gasteiger partial charge on any atom is -0.507 e. The first kappa shape index (κ1) is 26.2. The SMILES string of the molecule is CCOc1cccc(C(O)=C2C(=O)C(=O)N(c3nc4ccc(OCC)cc4s3)C2c2ccc(N(C)C)cc2)c1. The molecule has 0 bridgehead atoms. The Labute approximate surface area is 230 Å². The van der Waals surface area contributed by atoms with Crippen molar-refractivity contribution in [3.05, 3.63) is 83.4 Å². The topological polar surface area (TPSA) is 92.2 Å². The van der Waals surface area contributed by atoms with E-state index in [-0.39, 0.29) is 11.3 Å². The van der Waals surface area contributed by atoms with Gasteiger partial charge in [0.25, 0.3) is 5.78 Å². The van der Waals surface area contributed by atoms with Crippen LogP contribution in [0.1, 0.15) is 31.0 Å². The molecule has 1 atom stereocenters. The zero-order chi connectivity index (χ0) is 27.7. The molecule has 1 saturated heterocycles. The zero-order valence-corrected chi connectivity index (χ0v) is 23.0. The van der Waals surface area contributed by atoms with Crippen molar-refractivity contribution in [2.45, 2.75) is 19.9 Å². The minimum absolute atomic E-state index is 0.000475. The van der Waals surface area contributed by atoms with Crippen LogP contribution in [0.2, 0.25) is 0 Å². The van der Waals surface area contributed by atoms with Crippen LogP contribution in [0.3, 0.4) is 0 Å². The van der Waals surface area contributed by atoms with Crippen LogP contribution in [0.25, 0.3) is 16.0 Å². The Morgan fingerprint density at radius 1 is 0.974 bits per heavy atom. The number of thiazole rings is 1. The van der Waals surface area contributed by atoms with Crippen LogP contribution in [0.5, 0.6) is 11.5 Å². The quantitative estimate of drug-likeness (QED) is 0.171. The largest absolute Gasteiger partial charge is 0.507 e. The number of fused-ring (bicyclic) bond motifs is 1. The average Bonchev–Trinajstić information content (AvgIpc) is 3.46. The Hall–Kier alpha value is -4.37. The van der Waals surface area contributed by atoms with Gasteiger partial charge in [0, 0.05) is 25.3 Å². The normalized spacial score (nSPS) is 16.6. The van der Waals surface area contributed by atoms with Gasteiger partial charge < -0.3 is 19.5 Å². The van der Waals surface area contributed by atoms with Crippen molar-refractivity contribution in [3.8, 4) is 11.5 Å². The van der Waals surface area contributed by atoms with E-state index < -0.39 is 17.7 Å². The molecule has 200 valence electrons.